The molecule has 2 rings (SSSR count). The molecule has 0 aliphatic heterocycles. The molecule has 0 amide bonds. The molecule has 4 heteroatoms. The predicted octanol–water partition coefficient (Wildman–Crippen LogP) is 1.46. The van der Waals surface area contributed by atoms with Crippen LogP contribution in [0.15, 0.2) is 46.6 Å². The van der Waals surface area contributed by atoms with Crippen molar-refractivity contribution in [3.63, 3.8) is 0 Å². The summed E-state index contributed by atoms with van der Waals surface area (Å²) in [5.41, 5.74) is 2.68. The summed E-state index contributed by atoms with van der Waals surface area (Å²) in [5.74, 6) is -0.720. The van der Waals surface area contributed by atoms with E-state index < -0.39 is 0 Å². The third-order valence-corrected chi connectivity index (χ3v) is 2.51. The zero-order valence-corrected chi connectivity index (χ0v) is 9.65. The largest absolute Gasteiger partial charge is 0.465 e. The Morgan fingerprint density at radius 1 is 1.00 bits per heavy atom. The van der Waals surface area contributed by atoms with E-state index in [1.807, 2.05) is 0 Å². The summed E-state index contributed by atoms with van der Waals surface area (Å²) in [6.07, 6.45) is 6.81. The second-order valence-electron chi connectivity index (χ2n) is 3.61. The highest BCUT2D eigenvalue weighted by Gasteiger charge is 2.23. The molecule has 0 heterocycles. The van der Waals surface area contributed by atoms with Crippen molar-refractivity contribution >= 4 is 11.9 Å². The van der Waals surface area contributed by atoms with E-state index in [2.05, 4.69) is 4.74 Å². The minimum Gasteiger partial charge on any atom is -0.465 e. The van der Waals surface area contributed by atoms with Crippen molar-refractivity contribution in [3.8, 4) is 0 Å². The zero-order valence-electron chi connectivity index (χ0n) is 9.65. The smallest absolute Gasteiger partial charge is 0.338 e. The average Bonchev–Trinajstić information content (AvgIpc) is 2.85. The Balaban J connectivity index is 2.17. The molecule has 2 aliphatic carbocycles. The molecular formula is C13H12O4. The van der Waals surface area contributed by atoms with Gasteiger partial charge in [-0.3, -0.25) is 0 Å². The van der Waals surface area contributed by atoms with E-state index in [1.54, 1.807) is 31.2 Å². The first kappa shape index (κ1) is 11.4. The lowest BCUT2D eigenvalue weighted by molar-refractivity contribution is -0.138. The quantitative estimate of drug-likeness (QED) is 0.691. The molecule has 0 atom stereocenters. The summed E-state index contributed by atoms with van der Waals surface area (Å²) in [6.45, 7) is 2.11. The third-order valence-electron chi connectivity index (χ3n) is 2.51. The lowest BCUT2D eigenvalue weighted by atomic mass is 10.2. The van der Waals surface area contributed by atoms with Crippen LogP contribution >= 0.6 is 0 Å². The van der Waals surface area contributed by atoms with Crippen LogP contribution in [0.25, 0.3) is 0 Å². The Morgan fingerprint density at radius 2 is 1.53 bits per heavy atom. The van der Waals surface area contributed by atoms with Crippen LogP contribution in [0.5, 0.6) is 0 Å². The molecule has 0 spiro atoms. The Bertz CT molecular complexity index is 504. The minimum absolute atomic E-state index is 0.344. The maximum absolute atomic E-state index is 11.5. The topological polar surface area (TPSA) is 52.6 Å². The normalized spacial score (nSPS) is 16.6. The SMILES string of the molecule is CCOC(=O)C1=CC2=CC(C(=O)OC)=CC2=C1. The molecule has 0 bridgehead atoms. The van der Waals surface area contributed by atoms with Gasteiger partial charge in [0, 0.05) is 0 Å². The first-order valence-electron chi connectivity index (χ1n) is 5.28. The molecule has 0 N–H and O–H groups in total. The Kier molecular flexibility index (Phi) is 2.95. The monoisotopic (exact) mass is 232 g/mol. The van der Waals surface area contributed by atoms with Crippen LogP contribution in [0.3, 0.4) is 0 Å². The Labute approximate surface area is 98.9 Å². The van der Waals surface area contributed by atoms with Crippen LogP contribution in [0.1, 0.15) is 6.92 Å². The highest BCUT2D eigenvalue weighted by Crippen LogP contribution is 2.32. The van der Waals surface area contributed by atoms with Gasteiger partial charge in [0.2, 0.25) is 0 Å². The number of methoxy groups -OCH3 is 1. The number of esters is 2. The van der Waals surface area contributed by atoms with Crippen LogP contribution in [0.2, 0.25) is 0 Å². The summed E-state index contributed by atoms with van der Waals surface area (Å²) < 4.78 is 9.52. The predicted molar refractivity (Wildman–Crippen MR) is 61.0 cm³/mol. The van der Waals surface area contributed by atoms with Crippen molar-refractivity contribution in [1.29, 1.82) is 0 Å². The molecule has 0 fully saturated rings. The number of rotatable bonds is 3. The Hall–Kier alpha value is -2.10. The van der Waals surface area contributed by atoms with Gasteiger partial charge >= 0.3 is 11.9 Å². The second kappa shape index (κ2) is 4.41. The van der Waals surface area contributed by atoms with Gasteiger partial charge in [-0.15, -0.1) is 0 Å². The van der Waals surface area contributed by atoms with Crippen molar-refractivity contribution < 1.29 is 19.1 Å². The van der Waals surface area contributed by atoms with Crippen LogP contribution in [-0.4, -0.2) is 25.7 Å². The van der Waals surface area contributed by atoms with E-state index in [9.17, 15) is 9.59 Å². The maximum atomic E-state index is 11.5. The number of hydrogen-bond donors (Lipinski definition) is 0. The molecule has 0 saturated carbocycles. The molecule has 0 aromatic heterocycles. The lowest BCUT2D eigenvalue weighted by Crippen LogP contribution is -2.05. The fraction of sp³-hybridized carbons (Fsp3) is 0.231. The lowest BCUT2D eigenvalue weighted by Gasteiger charge is -1.99. The molecule has 2 aliphatic rings. The van der Waals surface area contributed by atoms with Crippen molar-refractivity contribution in [2.75, 3.05) is 13.7 Å². The van der Waals surface area contributed by atoms with Crippen LogP contribution in [-0.2, 0) is 19.1 Å². The third kappa shape index (κ3) is 2.06. The zero-order chi connectivity index (χ0) is 12.4. The molecule has 0 aromatic carbocycles. The summed E-state index contributed by atoms with van der Waals surface area (Å²) >= 11 is 0. The molecule has 0 unspecified atom stereocenters. The van der Waals surface area contributed by atoms with E-state index in [0.29, 0.717) is 17.8 Å². The molecular weight excluding hydrogens is 220 g/mol. The van der Waals surface area contributed by atoms with E-state index in [4.69, 9.17) is 4.74 Å². The van der Waals surface area contributed by atoms with E-state index in [1.165, 1.54) is 7.11 Å². The van der Waals surface area contributed by atoms with E-state index in [0.717, 1.165) is 11.1 Å². The minimum atomic E-state index is -0.376. The standard InChI is InChI=1S/C13H12O4/c1-3-17-13(15)11-6-8-4-10(12(14)16-2)5-9(8)7-11/h4-7H,3H2,1-2H3. The molecule has 0 saturated heterocycles. The van der Waals surface area contributed by atoms with Gasteiger partial charge in [-0.05, 0) is 42.4 Å². The second-order valence-corrected chi connectivity index (χ2v) is 3.61. The van der Waals surface area contributed by atoms with Crippen molar-refractivity contribution in [3.05, 3.63) is 46.6 Å². The average molecular weight is 232 g/mol. The van der Waals surface area contributed by atoms with Gasteiger partial charge in [-0.2, -0.15) is 0 Å². The summed E-state index contributed by atoms with van der Waals surface area (Å²) in [4.78, 5) is 22.8. The summed E-state index contributed by atoms with van der Waals surface area (Å²) in [5, 5.41) is 0. The summed E-state index contributed by atoms with van der Waals surface area (Å²) in [7, 11) is 1.34. The number of hydrogen-bond acceptors (Lipinski definition) is 4. The molecule has 0 radical (unpaired) electrons. The van der Waals surface area contributed by atoms with Gasteiger partial charge in [0.05, 0.1) is 24.9 Å². The highest BCUT2D eigenvalue weighted by molar-refractivity contribution is 5.99. The number of carbonyl (C=O) groups excluding carboxylic acids is 2. The van der Waals surface area contributed by atoms with Crippen molar-refractivity contribution in [2.24, 2.45) is 0 Å². The molecule has 0 aromatic rings. The van der Waals surface area contributed by atoms with E-state index >= 15 is 0 Å². The number of carbonyl (C=O) groups is 2. The van der Waals surface area contributed by atoms with Crippen LogP contribution in [0.4, 0.5) is 0 Å². The maximum Gasteiger partial charge on any atom is 0.338 e. The van der Waals surface area contributed by atoms with Crippen molar-refractivity contribution in [2.45, 2.75) is 6.92 Å². The molecule has 17 heavy (non-hydrogen) atoms. The Morgan fingerprint density at radius 3 is 2.00 bits per heavy atom. The van der Waals surface area contributed by atoms with Gasteiger partial charge in [0.15, 0.2) is 0 Å². The van der Waals surface area contributed by atoms with Crippen LogP contribution < -0.4 is 0 Å². The van der Waals surface area contributed by atoms with Crippen molar-refractivity contribution in [1.82, 2.24) is 0 Å². The van der Waals surface area contributed by atoms with Gasteiger partial charge in [0.1, 0.15) is 0 Å². The van der Waals surface area contributed by atoms with Gasteiger partial charge < -0.3 is 9.47 Å². The number of allylic oxidation sites excluding steroid dienone is 4. The van der Waals surface area contributed by atoms with E-state index in [-0.39, 0.29) is 11.9 Å². The molecule has 88 valence electrons. The van der Waals surface area contributed by atoms with Gasteiger partial charge in [0.25, 0.3) is 0 Å². The van der Waals surface area contributed by atoms with Gasteiger partial charge in [-0.1, -0.05) is 0 Å². The van der Waals surface area contributed by atoms with Gasteiger partial charge in [-0.25, -0.2) is 9.59 Å². The first-order valence-corrected chi connectivity index (χ1v) is 5.28. The fourth-order valence-electron chi connectivity index (χ4n) is 1.74. The summed E-state index contributed by atoms with van der Waals surface area (Å²) in [6, 6.07) is 0. The highest BCUT2D eigenvalue weighted by atomic mass is 16.5. The van der Waals surface area contributed by atoms with Crippen LogP contribution in [0, 0.1) is 0 Å². The number of ether oxygens (including phenoxy) is 2. The molecule has 4 nitrogen and oxygen atoms in total. The number of fused-ring (bicyclic) bond motifs is 1. The fourth-order valence-corrected chi connectivity index (χ4v) is 1.74. The first-order chi connectivity index (χ1) is 8.15.